The molecule has 6 bridgehead atoms. The van der Waals surface area contributed by atoms with Gasteiger partial charge >= 0.3 is 0 Å². The van der Waals surface area contributed by atoms with Gasteiger partial charge in [0.1, 0.15) is 0 Å². The van der Waals surface area contributed by atoms with Gasteiger partial charge in [-0.15, -0.1) is 0 Å². The molecular weight excluding hydrogens is 270 g/mol. The van der Waals surface area contributed by atoms with Crippen LogP contribution in [0.1, 0.15) is 58.8 Å². The second-order valence-electron chi connectivity index (χ2n) is 10.2. The lowest BCUT2D eigenvalue weighted by Crippen LogP contribution is -2.58. The first-order chi connectivity index (χ1) is 10.4. The fraction of sp³-hybridized carbons (Fsp3) is 0.900. The third-order valence-electron chi connectivity index (χ3n) is 7.85. The van der Waals surface area contributed by atoms with Gasteiger partial charge in [0.2, 0.25) is 0 Å². The van der Waals surface area contributed by atoms with Crippen LogP contribution in [-0.4, -0.2) is 37.2 Å². The molecule has 2 aliphatic heterocycles. The summed E-state index contributed by atoms with van der Waals surface area (Å²) in [6.45, 7) is 7.05. The minimum absolute atomic E-state index is 0.538. The second kappa shape index (κ2) is 4.19. The van der Waals surface area contributed by atoms with Crippen molar-refractivity contribution in [2.45, 2.75) is 70.9 Å². The monoisotopic (exact) mass is 301 g/mol. The van der Waals surface area contributed by atoms with Crippen molar-refractivity contribution in [2.24, 2.45) is 22.2 Å². The van der Waals surface area contributed by atoms with Crippen LogP contribution in [0.3, 0.4) is 0 Å². The molecule has 4 atom stereocenters. The van der Waals surface area contributed by atoms with Crippen molar-refractivity contribution >= 4 is 0 Å². The van der Waals surface area contributed by atoms with Crippen LogP contribution in [0.15, 0.2) is 11.6 Å². The molecule has 5 fully saturated rings. The number of nitrogens with zero attached hydrogens (tertiary/aromatic N) is 1. The number of hydrogen-bond acceptors (Lipinski definition) is 2. The van der Waals surface area contributed by atoms with Crippen LogP contribution in [-0.2, 0) is 4.74 Å². The molecule has 2 heteroatoms. The predicted molar refractivity (Wildman–Crippen MR) is 88.7 cm³/mol. The standard InChI is InChI=1S/C20H31NO/c1-18-6-14-7-19(2,11-18)13-20(8-14,12-18)15-4-16-9-22-10-17(5-15)21(16)3/h4,14,16-17H,5-13H2,1-3H3. The van der Waals surface area contributed by atoms with Crippen LogP contribution in [0.4, 0.5) is 0 Å². The Morgan fingerprint density at radius 1 is 1.05 bits per heavy atom. The third kappa shape index (κ3) is 1.86. The lowest BCUT2D eigenvalue weighted by atomic mass is 9.39. The number of ether oxygens (including phenoxy) is 1. The average Bonchev–Trinajstić information content (AvgIpc) is 2.33. The van der Waals surface area contributed by atoms with E-state index in [1.807, 2.05) is 5.57 Å². The first kappa shape index (κ1) is 14.0. The van der Waals surface area contributed by atoms with Gasteiger partial charge < -0.3 is 4.74 Å². The lowest BCUT2D eigenvalue weighted by Gasteiger charge is -2.67. The van der Waals surface area contributed by atoms with Gasteiger partial charge in [-0.1, -0.05) is 25.5 Å². The second-order valence-corrected chi connectivity index (χ2v) is 10.2. The number of morpholine rings is 1. The summed E-state index contributed by atoms with van der Waals surface area (Å²) in [6.07, 6.45) is 12.8. The van der Waals surface area contributed by atoms with Crippen molar-refractivity contribution in [3.63, 3.8) is 0 Å². The number of likely N-dealkylation sites (N-methyl/N-ethyl adjacent to an activating group) is 1. The SMILES string of the molecule is CN1C2C=C(C34CC5CC(C)(CC(C)(C5)C3)C4)CC1COC2. The molecule has 122 valence electrons. The van der Waals surface area contributed by atoms with Crippen molar-refractivity contribution in [3.05, 3.63) is 11.6 Å². The first-order valence-corrected chi connectivity index (χ1v) is 9.40. The zero-order valence-corrected chi connectivity index (χ0v) is 14.5. The smallest absolute Gasteiger partial charge is 0.0658 e. The highest BCUT2D eigenvalue weighted by molar-refractivity contribution is 5.29. The molecule has 0 N–H and O–H groups in total. The van der Waals surface area contributed by atoms with E-state index in [1.165, 1.54) is 44.9 Å². The molecule has 2 heterocycles. The fourth-order valence-corrected chi connectivity index (χ4v) is 7.95. The maximum Gasteiger partial charge on any atom is 0.0658 e. The molecule has 6 rings (SSSR count). The van der Waals surface area contributed by atoms with Gasteiger partial charge in [-0.2, -0.15) is 0 Å². The van der Waals surface area contributed by atoms with Crippen LogP contribution >= 0.6 is 0 Å². The third-order valence-corrected chi connectivity index (χ3v) is 7.85. The molecule has 4 saturated carbocycles. The van der Waals surface area contributed by atoms with Gasteiger partial charge in [0, 0.05) is 6.04 Å². The van der Waals surface area contributed by atoms with E-state index in [9.17, 15) is 0 Å². The van der Waals surface area contributed by atoms with E-state index in [0.29, 0.717) is 28.3 Å². The highest BCUT2D eigenvalue weighted by Crippen LogP contribution is 2.72. The Morgan fingerprint density at radius 2 is 1.77 bits per heavy atom. The Balaban J connectivity index is 1.55. The highest BCUT2D eigenvalue weighted by atomic mass is 16.5. The van der Waals surface area contributed by atoms with Crippen molar-refractivity contribution in [2.75, 3.05) is 20.3 Å². The Hall–Kier alpha value is -0.340. The van der Waals surface area contributed by atoms with Crippen LogP contribution in [0.25, 0.3) is 0 Å². The Bertz CT molecular complexity index is 520. The maximum atomic E-state index is 5.83. The van der Waals surface area contributed by atoms with Gasteiger partial charge in [-0.3, -0.25) is 4.90 Å². The summed E-state index contributed by atoms with van der Waals surface area (Å²) in [7, 11) is 2.30. The Labute approximate surface area is 135 Å². The van der Waals surface area contributed by atoms with Crippen molar-refractivity contribution < 1.29 is 4.74 Å². The van der Waals surface area contributed by atoms with E-state index in [0.717, 1.165) is 19.1 Å². The fourth-order valence-electron chi connectivity index (χ4n) is 7.95. The minimum atomic E-state index is 0.538. The molecular formula is C20H31NO. The molecule has 0 spiro atoms. The van der Waals surface area contributed by atoms with Crippen LogP contribution < -0.4 is 0 Å². The molecule has 0 radical (unpaired) electrons. The lowest BCUT2D eigenvalue weighted by molar-refractivity contribution is -0.133. The van der Waals surface area contributed by atoms with Crippen molar-refractivity contribution in [1.82, 2.24) is 4.90 Å². The van der Waals surface area contributed by atoms with E-state index in [2.05, 4.69) is 31.9 Å². The molecule has 0 aromatic heterocycles. The van der Waals surface area contributed by atoms with Gasteiger partial charge in [0.15, 0.2) is 0 Å². The normalized spacial score (nSPS) is 57.0. The molecule has 4 aliphatic carbocycles. The molecule has 2 nitrogen and oxygen atoms in total. The van der Waals surface area contributed by atoms with Gasteiger partial charge in [0.05, 0.1) is 19.3 Å². The van der Waals surface area contributed by atoms with Gasteiger partial charge in [-0.05, 0) is 74.2 Å². The van der Waals surface area contributed by atoms with E-state index >= 15 is 0 Å². The van der Waals surface area contributed by atoms with Crippen LogP contribution in [0.5, 0.6) is 0 Å². The summed E-state index contributed by atoms with van der Waals surface area (Å²) in [5.74, 6) is 1.00. The molecule has 1 saturated heterocycles. The largest absolute Gasteiger partial charge is 0.378 e. The summed E-state index contributed by atoms with van der Waals surface area (Å²) < 4.78 is 5.83. The van der Waals surface area contributed by atoms with Crippen LogP contribution in [0.2, 0.25) is 0 Å². The van der Waals surface area contributed by atoms with E-state index in [1.54, 1.807) is 0 Å². The Kier molecular flexibility index (Phi) is 2.67. The molecule has 0 aromatic carbocycles. The molecule has 4 unspecified atom stereocenters. The molecule has 22 heavy (non-hydrogen) atoms. The Morgan fingerprint density at radius 3 is 2.41 bits per heavy atom. The minimum Gasteiger partial charge on any atom is -0.378 e. The topological polar surface area (TPSA) is 12.5 Å². The summed E-state index contributed by atoms with van der Waals surface area (Å²) in [5.41, 5.74) is 3.65. The zero-order valence-electron chi connectivity index (χ0n) is 14.5. The van der Waals surface area contributed by atoms with E-state index < -0.39 is 0 Å². The van der Waals surface area contributed by atoms with Gasteiger partial charge in [-0.25, -0.2) is 0 Å². The molecule has 6 aliphatic rings. The van der Waals surface area contributed by atoms with E-state index in [-0.39, 0.29) is 0 Å². The molecule has 0 aromatic rings. The van der Waals surface area contributed by atoms with E-state index in [4.69, 9.17) is 4.74 Å². The number of hydrogen-bond donors (Lipinski definition) is 0. The predicted octanol–water partition coefficient (Wildman–Crippen LogP) is 4.01. The zero-order chi connectivity index (χ0) is 15.2. The summed E-state index contributed by atoms with van der Waals surface area (Å²) >= 11 is 0. The van der Waals surface area contributed by atoms with Crippen molar-refractivity contribution in [1.29, 1.82) is 0 Å². The van der Waals surface area contributed by atoms with Gasteiger partial charge in [0.25, 0.3) is 0 Å². The quantitative estimate of drug-likeness (QED) is 0.678. The number of fused-ring (bicyclic) bond motifs is 2. The average molecular weight is 301 g/mol. The summed E-state index contributed by atoms with van der Waals surface area (Å²) in [6, 6.07) is 1.17. The summed E-state index contributed by atoms with van der Waals surface area (Å²) in [4.78, 5) is 2.57. The molecule has 0 amide bonds. The maximum absolute atomic E-state index is 5.83. The highest BCUT2D eigenvalue weighted by Gasteiger charge is 2.61. The van der Waals surface area contributed by atoms with Crippen molar-refractivity contribution in [3.8, 4) is 0 Å². The number of rotatable bonds is 1. The summed E-state index contributed by atoms with van der Waals surface area (Å²) in [5, 5.41) is 0. The first-order valence-electron chi connectivity index (χ1n) is 9.40. The van der Waals surface area contributed by atoms with Crippen LogP contribution in [0, 0.1) is 22.2 Å².